The van der Waals surface area contributed by atoms with Gasteiger partial charge in [0.15, 0.2) is 0 Å². The molecule has 0 bridgehead atoms. The summed E-state index contributed by atoms with van der Waals surface area (Å²) in [4.78, 5) is 19.4. The van der Waals surface area contributed by atoms with E-state index in [-0.39, 0.29) is 24.0 Å². The number of allylic oxidation sites excluding steroid dienone is 3. The molecule has 8 nitrogen and oxygen atoms in total. The van der Waals surface area contributed by atoms with Crippen molar-refractivity contribution in [2.75, 3.05) is 49.6 Å². The summed E-state index contributed by atoms with van der Waals surface area (Å²) in [6, 6.07) is 16.6. The van der Waals surface area contributed by atoms with Gasteiger partial charge in [-0.15, -0.1) is 0 Å². The normalized spacial score (nSPS) is 18.0. The number of nitrogens with two attached hydrogens (primary N) is 1. The average molecular weight is 640 g/mol. The molecule has 0 aliphatic carbocycles. The third-order valence-electron chi connectivity index (χ3n) is 8.48. The van der Waals surface area contributed by atoms with Crippen molar-refractivity contribution in [2.24, 2.45) is 0 Å². The van der Waals surface area contributed by atoms with Gasteiger partial charge in [0.1, 0.15) is 11.9 Å². The number of hydrogen-bond donors (Lipinski definition) is 4. The summed E-state index contributed by atoms with van der Waals surface area (Å²) in [5.41, 5.74) is 10.5. The molecule has 1 atom stereocenters. The predicted molar refractivity (Wildman–Crippen MR) is 179 cm³/mol. The molecule has 0 radical (unpaired) electrons. The van der Waals surface area contributed by atoms with Crippen LogP contribution in [-0.2, 0) is 12.7 Å². The van der Waals surface area contributed by atoms with Gasteiger partial charge in [-0.1, -0.05) is 30.2 Å². The first kappa shape index (κ1) is 31.8. The Morgan fingerprint density at radius 3 is 2.60 bits per heavy atom. The van der Waals surface area contributed by atoms with Crippen LogP contribution in [0.5, 0.6) is 0 Å². The molecule has 11 heteroatoms. The Morgan fingerprint density at radius 1 is 1.04 bits per heavy atom. The standard InChI is InChI=1S/C36H36F3N7O/c1-24-9-10-26(35(47)42-28-13-11-27(30(21-28)36(37,38)39)23-45-18-16-44(2)17-19-45)20-25(24)12-14-29-22-41-34-33(8-5-15-46(29)34)43-32-7-4-3-6-31(32)40/h3-11,13,15,20-22,34,41,43H,16-19,23,40H2,1-2H3,(H,42,47). The van der Waals surface area contributed by atoms with Crippen molar-refractivity contribution >= 4 is 23.0 Å². The van der Waals surface area contributed by atoms with Crippen molar-refractivity contribution in [1.82, 2.24) is 20.0 Å². The van der Waals surface area contributed by atoms with Crippen LogP contribution in [0.25, 0.3) is 0 Å². The second kappa shape index (κ2) is 13.3. The number of anilines is 3. The van der Waals surface area contributed by atoms with E-state index >= 15 is 0 Å². The maximum absolute atomic E-state index is 14.1. The van der Waals surface area contributed by atoms with Crippen molar-refractivity contribution in [3.05, 3.63) is 124 Å². The largest absolute Gasteiger partial charge is 0.416 e. The van der Waals surface area contributed by atoms with Gasteiger partial charge in [-0.2, -0.15) is 13.2 Å². The van der Waals surface area contributed by atoms with Crippen molar-refractivity contribution in [3.8, 4) is 11.8 Å². The quantitative estimate of drug-likeness (QED) is 0.208. The number of benzene rings is 3. The average Bonchev–Trinajstić information content (AvgIpc) is 3.47. The summed E-state index contributed by atoms with van der Waals surface area (Å²) < 4.78 is 42.2. The fourth-order valence-electron chi connectivity index (χ4n) is 5.70. The molecular weight excluding hydrogens is 603 g/mol. The van der Waals surface area contributed by atoms with Crippen molar-refractivity contribution < 1.29 is 18.0 Å². The van der Waals surface area contributed by atoms with Gasteiger partial charge in [0.2, 0.25) is 0 Å². The summed E-state index contributed by atoms with van der Waals surface area (Å²) in [6.07, 6.45) is 2.89. The van der Waals surface area contributed by atoms with E-state index in [1.165, 1.54) is 12.1 Å². The number of nitrogens with one attached hydrogen (secondary N) is 3. The summed E-state index contributed by atoms with van der Waals surface area (Å²) in [5, 5.41) is 9.38. The first-order valence-corrected chi connectivity index (χ1v) is 15.3. The Labute approximate surface area is 272 Å². The molecule has 0 spiro atoms. The molecule has 3 aliphatic rings. The molecule has 1 amide bonds. The number of piperazine rings is 1. The second-order valence-corrected chi connectivity index (χ2v) is 11.9. The molecule has 1 saturated heterocycles. The monoisotopic (exact) mass is 639 g/mol. The highest BCUT2D eigenvalue weighted by molar-refractivity contribution is 6.04. The number of aryl methyl sites for hydroxylation is 1. The van der Waals surface area contributed by atoms with Crippen LogP contribution in [-0.4, -0.2) is 60.0 Å². The van der Waals surface area contributed by atoms with E-state index in [2.05, 4.69) is 32.7 Å². The molecule has 3 heterocycles. The summed E-state index contributed by atoms with van der Waals surface area (Å²) in [6.45, 7) is 5.11. The highest BCUT2D eigenvalue weighted by atomic mass is 19.4. The minimum atomic E-state index is -4.55. The number of para-hydroxylation sites is 2. The Kier molecular flexibility index (Phi) is 8.98. The smallest absolute Gasteiger partial charge is 0.397 e. The molecular formula is C36H36F3N7O. The minimum Gasteiger partial charge on any atom is -0.397 e. The van der Waals surface area contributed by atoms with Crippen LogP contribution in [0, 0.1) is 18.8 Å². The van der Waals surface area contributed by atoms with E-state index in [0.717, 1.165) is 41.8 Å². The van der Waals surface area contributed by atoms with Gasteiger partial charge in [0.25, 0.3) is 5.91 Å². The van der Waals surface area contributed by atoms with Gasteiger partial charge in [0.05, 0.1) is 22.6 Å². The second-order valence-electron chi connectivity index (χ2n) is 11.9. The molecule has 242 valence electrons. The molecule has 0 aromatic heterocycles. The van der Waals surface area contributed by atoms with E-state index in [0.29, 0.717) is 29.9 Å². The van der Waals surface area contributed by atoms with Crippen LogP contribution in [0.2, 0.25) is 0 Å². The minimum absolute atomic E-state index is 0.0810. The first-order chi connectivity index (χ1) is 22.5. The Morgan fingerprint density at radius 2 is 1.83 bits per heavy atom. The van der Waals surface area contributed by atoms with Crippen molar-refractivity contribution in [1.29, 1.82) is 0 Å². The van der Waals surface area contributed by atoms with Crippen LogP contribution in [0.4, 0.5) is 30.2 Å². The molecule has 3 aromatic rings. The molecule has 6 rings (SSSR count). The zero-order valence-electron chi connectivity index (χ0n) is 26.2. The third kappa shape index (κ3) is 7.30. The fourth-order valence-corrected chi connectivity index (χ4v) is 5.70. The van der Waals surface area contributed by atoms with Gasteiger partial charge in [-0.05, 0) is 79.6 Å². The van der Waals surface area contributed by atoms with E-state index in [9.17, 15) is 18.0 Å². The molecule has 5 N–H and O–H groups in total. The van der Waals surface area contributed by atoms with E-state index < -0.39 is 17.6 Å². The van der Waals surface area contributed by atoms with E-state index in [4.69, 9.17) is 5.73 Å². The van der Waals surface area contributed by atoms with E-state index in [1.807, 2.05) is 72.6 Å². The summed E-state index contributed by atoms with van der Waals surface area (Å²) >= 11 is 0. The van der Waals surface area contributed by atoms with Gasteiger partial charge in [-0.25, -0.2) is 0 Å². The topological polar surface area (TPSA) is 88.9 Å². The number of nitrogens with zero attached hydrogens (tertiary/aromatic N) is 3. The maximum atomic E-state index is 14.1. The molecule has 47 heavy (non-hydrogen) atoms. The van der Waals surface area contributed by atoms with Crippen molar-refractivity contribution in [2.45, 2.75) is 25.8 Å². The number of carbonyl (C=O) groups excluding carboxylic acids is 1. The number of fused-ring (bicyclic) bond motifs is 1. The molecule has 3 aromatic carbocycles. The molecule has 3 aliphatic heterocycles. The Hall–Kier alpha value is -5.18. The number of likely N-dealkylation sites (N-methyl/N-ethyl adjacent to an activating group) is 1. The lowest BCUT2D eigenvalue weighted by molar-refractivity contribution is -0.138. The van der Waals surface area contributed by atoms with Crippen LogP contribution < -0.4 is 21.7 Å². The van der Waals surface area contributed by atoms with Gasteiger partial charge in [-0.3, -0.25) is 9.69 Å². The van der Waals surface area contributed by atoms with Gasteiger partial charge in [0, 0.05) is 61.9 Å². The summed E-state index contributed by atoms with van der Waals surface area (Å²) in [5.74, 6) is 5.85. The van der Waals surface area contributed by atoms with E-state index in [1.54, 1.807) is 18.2 Å². The zero-order chi connectivity index (χ0) is 33.1. The lowest BCUT2D eigenvalue weighted by atomic mass is 10.0. The first-order valence-electron chi connectivity index (χ1n) is 15.3. The third-order valence-corrected chi connectivity index (χ3v) is 8.48. The highest BCUT2D eigenvalue weighted by Gasteiger charge is 2.34. The van der Waals surface area contributed by atoms with Crippen LogP contribution in [0.1, 0.15) is 32.6 Å². The van der Waals surface area contributed by atoms with Crippen LogP contribution in [0.15, 0.2) is 96.6 Å². The Bertz CT molecular complexity index is 1830. The number of alkyl halides is 3. The number of hydrogen-bond acceptors (Lipinski definition) is 7. The molecule has 0 saturated carbocycles. The lowest BCUT2D eigenvalue weighted by Crippen LogP contribution is -2.44. The van der Waals surface area contributed by atoms with Crippen molar-refractivity contribution in [3.63, 3.8) is 0 Å². The van der Waals surface area contributed by atoms with Crippen LogP contribution >= 0.6 is 0 Å². The lowest BCUT2D eigenvalue weighted by Gasteiger charge is -2.33. The number of nitrogen functional groups attached to an aromatic ring is 1. The fraction of sp³-hybridized carbons (Fsp3) is 0.250. The number of halogens is 3. The highest BCUT2D eigenvalue weighted by Crippen LogP contribution is 2.35. The number of rotatable bonds is 6. The zero-order valence-corrected chi connectivity index (χ0v) is 26.2. The van der Waals surface area contributed by atoms with Crippen LogP contribution in [0.3, 0.4) is 0 Å². The Balaban J connectivity index is 1.15. The SMILES string of the molecule is Cc1ccc(C(=O)Nc2ccc(CN3CCN(C)CC3)c(C(F)(F)F)c2)cc1C#CC1=CNC2C(Nc3ccccc3N)=CC=CN12. The molecule has 1 unspecified atom stereocenters. The predicted octanol–water partition coefficient (Wildman–Crippen LogP) is 5.54. The number of carbonyl (C=O) groups is 1. The van der Waals surface area contributed by atoms with Gasteiger partial charge >= 0.3 is 6.18 Å². The number of amides is 1. The summed E-state index contributed by atoms with van der Waals surface area (Å²) in [7, 11) is 2.00. The van der Waals surface area contributed by atoms with Gasteiger partial charge < -0.3 is 31.5 Å². The molecule has 1 fully saturated rings. The maximum Gasteiger partial charge on any atom is 0.416 e.